The number of sulfonamides is 1. The van der Waals surface area contributed by atoms with E-state index in [0.29, 0.717) is 18.7 Å². The molecule has 1 aromatic rings. The second-order valence-electron chi connectivity index (χ2n) is 6.54. The molecule has 1 fully saturated rings. The molecule has 1 aliphatic carbocycles. The molecule has 0 bridgehead atoms. The van der Waals surface area contributed by atoms with Crippen molar-refractivity contribution in [1.29, 1.82) is 0 Å². The Labute approximate surface area is 159 Å². The smallest absolute Gasteiger partial charge is 0.232 e. The summed E-state index contributed by atoms with van der Waals surface area (Å²) in [5.41, 5.74) is 0.405. The third kappa shape index (κ3) is 7.15. The molecule has 1 aliphatic rings. The first-order valence-corrected chi connectivity index (χ1v) is 11.9. The van der Waals surface area contributed by atoms with Crippen LogP contribution in [0.5, 0.6) is 0 Å². The minimum Gasteiger partial charge on any atom is -0.355 e. The van der Waals surface area contributed by atoms with Gasteiger partial charge in [0.25, 0.3) is 0 Å². The van der Waals surface area contributed by atoms with Gasteiger partial charge in [0, 0.05) is 30.5 Å². The predicted octanol–water partition coefficient (Wildman–Crippen LogP) is 3.16. The van der Waals surface area contributed by atoms with Crippen molar-refractivity contribution in [3.8, 4) is 0 Å². The van der Waals surface area contributed by atoms with E-state index in [4.69, 9.17) is 0 Å². The minimum atomic E-state index is -3.48. The molecule has 0 aliphatic heterocycles. The Bertz CT molecular complexity index is 674. The summed E-state index contributed by atoms with van der Waals surface area (Å²) in [6.07, 6.45) is 6.97. The monoisotopic (exact) mass is 402 g/mol. The highest BCUT2D eigenvalue weighted by Crippen LogP contribution is 2.28. The van der Waals surface area contributed by atoms with Gasteiger partial charge in [0.2, 0.25) is 15.9 Å². The second-order valence-corrected chi connectivity index (χ2v) is 9.86. The molecular formula is C18H27FN2O3S2. The maximum atomic E-state index is 13.0. The zero-order chi connectivity index (χ0) is 19.0. The molecule has 0 radical (unpaired) electrons. The number of thioether (sulfide) groups is 1. The number of halogens is 1. The molecule has 0 heterocycles. The number of nitrogens with one attached hydrogen (secondary N) is 1. The number of carbonyl (C=O) groups is 1. The average molecular weight is 403 g/mol. The summed E-state index contributed by atoms with van der Waals surface area (Å²) < 4.78 is 38.1. The zero-order valence-electron chi connectivity index (χ0n) is 15.1. The number of hydrogen-bond acceptors (Lipinski definition) is 4. The number of anilines is 1. The largest absolute Gasteiger partial charge is 0.355 e. The molecule has 0 unspecified atom stereocenters. The standard InChI is InChI=1S/C18H27FN2O3S2/c1-26(23,24)21(16-10-8-15(19)9-11-16)13-4-7-18(22)20-12-14-25-17-5-2-3-6-17/h8-11,17H,2-7,12-14H2,1H3,(H,20,22). The van der Waals surface area contributed by atoms with Gasteiger partial charge in [-0.05, 0) is 43.5 Å². The molecule has 146 valence electrons. The maximum Gasteiger partial charge on any atom is 0.232 e. The van der Waals surface area contributed by atoms with Gasteiger partial charge in [0.1, 0.15) is 5.82 Å². The number of nitrogens with zero attached hydrogens (tertiary/aromatic N) is 1. The predicted molar refractivity (Wildman–Crippen MR) is 106 cm³/mol. The third-order valence-electron chi connectivity index (χ3n) is 4.36. The summed E-state index contributed by atoms with van der Waals surface area (Å²) >= 11 is 1.92. The summed E-state index contributed by atoms with van der Waals surface area (Å²) in [6, 6.07) is 5.30. The second kappa shape index (κ2) is 10.2. The first kappa shape index (κ1) is 21.0. The van der Waals surface area contributed by atoms with Gasteiger partial charge >= 0.3 is 0 Å². The third-order valence-corrected chi connectivity index (χ3v) is 6.94. The lowest BCUT2D eigenvalue weighted by atomic mass is 10.2. The Kier molecular flexibility index (Phi) is 8.21. The molecule has 1 amide bonds. The Hall–Kier alpha value is -1.28. The van der Waals surface area contributed by atoms with Crippen LogP contribution in [0.4, 0.5) is 10.1 Å². The number of rotatable bonds is 10. The van der Waals surface area contributed by atoms with E-state index < -0.39 is 15.8 Å². The molecule has 1 N–H and O–H groups in total. The van der Waals surface area contributed by atoms with Crippen molar-refractivity contribution < 1.29 is 17.6 Å². The first-order chi connectivity index (χ1) is 12.4. The lowest BCUT2D eigenvalue weighted by Crippen LogP contribution is -2.32. The van der Waals surface area contributed by atoms with Crippen LogP contribution in [0.1, 0.15) is 38.5 Å². The van der Waals surface area contributed by atoms with E-state index in [1.807, 2.05) is 11.8 Å². The summed E-state index contributed by atoms with van der Waals surface area (Å²) in [4.78, 5) is 11.9. The fourth-order valence-corrected chi connectivity index (χ4v) is 5.22. The fourth-order valence-electron chi connectivity index (χ4n) is 3.04. The minimum absolute atomic E-state index is 0.0652. The fraction of sp³-hybridized carbons (Fsp3) is 0.611. The van der Waals surface area contributed by atoms with Crippen LogP contribution in [0.2, 0.25) is 0 Å². The summed E-state index contributed by atoms with van der Waals surface area (Å²) in [6.45, 7) is 0.836. The van der Waals surface area contributed by atoms with Crippen LogP contribution in [0.3, 0.4) is 0 Å². The zero-order valence-corrected chi connectivity index (χ0v) is 16.8. The highest BCUT2D eigenvalue weighted by atomic mass is 32.2. The summed E-state index contributed by atoms with van der Waals surface area (Å²) in [5, 5.41) is 3.63. The van der Waals surface area contributed by atoms with E-state index in [0.717, 1.165) is 17.3 Å². The normalized spacial score (nSPS) is 15.2. The van der Waals surface area contributed by atoms with E-state index in [2.05, 4.69) is 5.32 Å². The Morgan fingerprint density at radius 3 is 2.54 bits per heavy atom. The molecule has 0 aromatic heterocycles. The molecule has 0 saturated heterocycles. The van der Waals surface area contributed by atoms with Crippen molar-refractivity contribution in [1.82, 2.24) is 5.32 Å². The molecule has 1 saturated carbocycles. The highest BCUT2D eigenvalue weighted by Gasteiger charge is 2.18. The summed E-state index contributed by atoms with van der Waals surface area (Å²) in [7, 11) is -3.48. The van der Waals surface area contributed by atoms with Crippen molar-refractivity contribution in [2.45, 2.75) is 43.8 Å². The van der Waals surface area contributed by atoms with Crippen molar-refractivity contribution in [3.05, 3.63) is 30.1 Å². The van der Waals surface area contributed by atoms with Gasteiger partial charge in [-0.3, -0.25) is 9.10 Å². The van der Waals surface area contributed by atoms with Crippen molar-refractivity contribution in [2.75, 3.05) is 29.4 Å². The molecule has 0 spiro atoms. The number of hydrogen-bond donors (Lipinski definition) is 1. The molecule has 0 atom stereocenters. The molecule has 5 nitrogen and oxygen atoms in total. The van der Waals surface area contributed by atoms with Gasteiger partial charge in [-0.25, -0.2) is 12.8 Å². The van der Waals surface area contributed by atoms with Crippen LogP contribution in [0, 0.1) is 5.82 Å². The molecule has 2 rings (SSSR count). The van der Waals surface area contributed by atoms with Gasteiger partial charge in [-0.15, -0.1) is 0 Å². The maximum absolute atomic E-state index is 13.0. The van der Waals surface area contributed by atoms with Gasteiger partial charge in [-0.1, -0.05) is 12.8 Å². The molecular weight excluding hydrogens is 375 g/mol. The highest BCUT2D eigenvalue weighted by molar-refractivity contribution is 7.99. The van der Waals surface area contributed by atoms with Crippen LogP contribution >= 0.6 is 11.8 Å². The van der Waals surface area contributed by atoms with E-state index in [9.17, 15) is 17.6 Å². The van der Waals surface area contributed by atoms with Gasteiger partial charge < -0.3 is 5.32 Å². The Morgan fingerprint density at radius 2 is 1.92 bits per heavy atom. The van der Waals surface area contributed by atoms with Crippen molar-refractivity contribution in [2.24, 2.45) is 0 Å². The SMILES string of the molecule is CS(=O)(=O)N(CCCC(=O)NCCSC1CCCC1)c1ccc(F)cc1. The van der Waals surface area contributed by atoms with Crippen LogP contribution < -0.4 is 9.62 Å². The number of benzene rings is 1. The number of carbonyl (C=O) groups excluding carboxylic acids is 1. The molecule has 1 aromatic carbocycles. The Morgan fingerprint density at radius 1 is 1.27 bits per heavy atom. The summed E-state index contributed by atoms with van der Waals surface area (Å²) in [5.74, 6) is 0.434. The van der Waals surface area contributed by atoms with Crippen LogP contribution in [0.25, 0.3) is 0 Å². The van der Waals surface area contributed by atoms with Gasteiger partial charge in [0.05, 0.1) is 11.9 Å². The number of amides is 1. The van der Waals surface area contributed by atoms with Gasteiger partial charge in [0.15, 0.2) is 0 Å². The van der Waals surface area contributed by atoms with E-state index in [1.165, 1.54) is 54.3 Å². The van der Waals surface area contributed by atoms with E-state index >= 15 is 0 Å². The first-order valence-electron chi connectivity index (χ1n) is 8.98. The van der Waals surface area contributed by atoms with Crippen molar-refractivity contribution in [3.63, 3.8) is 0 Å². The van der Waals surface area contributed by atoms with Crippen LogP contribution in [-0.2, 0) is 14.8 Å². The van der Waals surface area contributed by atoms with E-state index in [1.54, 1.807) is 0 Å². The quantitative estimate of drug-likeness (QED) is 0.611. The van der Waals surface area contributed by atoms with E-state index in [-0.39, 0.29) is 18.9 Å². The molecule has 26 heavy (non-hydrogen) atoms. The van der Waals surface area contributed by atoms with Crippen LogP contribution in [-0.4, -0.2) is 44.7 Å². The lowest BCUT2D eigenvalue weighted by molar-refractivity contribution is -0.121. The average Bonchev–Trinajstić information content (AvgIpc) is 3.09. The molecule has 8 heteroatoms. The Balaban J connectivity index is 1.71. The topological polar surface area (TPSA) is 66.5 Å². The van der Waals surface area contributed by atoms with Gasteiger partial charge in [-0.2, -0.15) is 11.8 Å². The van der Waals surface area contributed by atoms with Crippen LogP contribution in [0.15, 0.2) is 24.3 Å². The van der Waals surface area contributed by atoms with Crippen molar-refractivity contribution >= 4 is 33.4 Å². The lowest BCUT2D eigenvalue weighted by Gasteiger charge is -2.22.